The van der Waals surface area contributed by atoms with Crippen LogP contribution in [0.1, 0.15) is 6.92 Å². The highest BCUT2D eigenvalue weighted by Gasteiger charge is 2.12. The maximum Gasteiger partial charge on any atom is 0.338 e. The van der Waals surface area contributed by atoms with Crippen molar-refractivity contribution in [2.24, 2.45) is 0 Å². The van der Waals surface area contributed by atoms with E-state index in [-0.39, 0.29) is 0 Å². The largest absolute Gasteiger partial charge is 0.423 e. The first-order valence-electron chi connectivity index (χ1n) is 7.85. The molecule has 0 bridgehead atoms. The molecule has 0 N–H and O–H groups in total. The van der Waals surface area contributed by atoms with Gasteiger partial charge in [-0.1, -0.05) is 55.1 Å². The van der Waals surface area contributed by atoms with E-state index in [1.165, 1.54) is 10.8 Å². The smallest absolute Gasteiger partial charge is 0.338 e. The minimum absolute atomic E-state index is 0.387. The summed E-state index contributed by atoms with van der Waals surface area (Å²) in [5, 5.41) is 6.57. The third kappa shape index (κ3) is 2.33. The summed E-state index contributed by atoms with van der Waals surface area (Å²) in [7, 11) is 0. The van der Waals surface area contributed by atoms with Crippen LogP contribution in [-0.2, 0) is 4.79 Å². The van der Waals surface area contributed by atoms with Crippen molar-refractivity contribution >= 4 is 38.3 Å². The molecule has 0 fully saturated rings. The molecule has 2 nitrogen and oxygen atoms in total. The first kappa shape index (κ1) is 14.5. The molecule has 4 aromatic rings. The second kappa shape index (κ2) is 5.50. The molecule has 0 aromatic heterocycles. The summed E-state index contributed by atoms with van der Waals surface area (Å²) in [4.78, 5) is 12.0. The van der Waals surface area contributed by atoms with Crippen molar-refractivity contribution in [2.45, 2.75) is 6.92 Å². The number of rotatable bonds is 2. The van der Waals surface area contributed by atoms with Crippen molar-refractivity contribution in [1.82, 2.24) is 0 Å². The second-order valence-corrected chi connectivity index (χ2v) is 6.01. The van der Waals surface area contributed by atoms with Crippen molar-refractivity contribution in [2.75, 3.05) is 0 Å². The Morgan fingerprint density at radius 1 is 0.833 bits per heavy atom. The van der Waals surface area contributed by atoms with Crippen molar-refractivity contribution in [1.29, 1.82) is 0 Å². The lowest BCUT2D eigenvalue weighted by molar-refractivity contribution is -0.129. The van der Waals surface area contributed by atoms with Crippen LogP contribution in [0.15, 0.2) is 78.9 Å². The van der Waals surface area contributed by atoms with Crippen LogP contribution in [0.3, 0.4) is 0 Å². The van der Waals surface area contributed by atoms with E-state index in [0.29, 0.717) is 11.3 Å². The van der Waals surface area contributed by atoms with Gasteiger partial charge >= 0.3 is 5.97 Å². The number of ether oxygens (including phenoxy) is 1. The fraction of sp³-hybridized carbons (Fsp3) is 0.0455. The minimum atomic E-state index is -0.403. The minimum Gasteiger partial charge on any atom is -0.423 e. The molecule has 0 saturated heterocycles. The number of carbonyl (C=O) groups excluding carboxylic acids is 1. The Labute approximate surface area is 140 Å². The fourth-order valence-electron chi connectivity index (χ4n) is 3.04. The average molecular weight is 312 g/mol. The summed E-state index contributed by atoms with van der Waals surface area (Å²) in [6, 6.07) is 22.5. The van der Waals surface area contributed by atoms with Crippen molar-refractivity contribution < 1.29 is 9.53 Å². The third-order valence-corrected chi connectivity index (χ3v) is 4.24. The van der Waals surface area contributed by atoms with E-state index in [1.54, 1.807) is 6.92 Å². The summed E-state index contributed by atoms with van der Waals surface area (Å²) in [6.07, 6.45) is 0. The molecule has 0 spiro atoms. The highest BCUT2D eigenvalue weighted by molar-refractivity contribution is 6.15. The Hall–Kier alpha value is -3.13. The molecule has 0 aliphatic rings. The molecule has 0 radical (unpaired) electrons. The van der Waals surface area contributed by atoms with Crippen LogP contribution >= 0.6 is 0 Å². The van der Waals surface area contributed by atoms with Gasteiger partial charge in [-0.2, -0.15) is 0 Å². The van der Waals surface area contributed by atoms with Crippen LogP contribution in [0.25, 0.3) is 32.3 Å². The number of hydrogen-bond donors (Lipinski definition) is 0. The molecule has 0 amide bonds. The SMILES string of the molecule is C=C(C)C(=O)Oc1cccc2ccc3cc4ccccc4cc3c12. The van der Waals surface area contributed by atoms with E-state index >= 15 is 0 Å². The number of hydrogen-bond acceptors (Lipinski definition) is 2. The van der Waals surface area contributed by atoms with E-state index in [9.17, 15) is 4.79 Å². The van der Waals surface area contributed by atoms with Gasteiger partial charge in [0, 0.05) is 11.0 Å². The zero-order valence-corrected chi connectivity index (χ0v) is 13.4. The molecule has 4 rings (SSSR count). The number of benzene rings is 4. The quantitative estimate of drug-likeness (QED) is 0.158. The molecule has 0 atom stereocenters. The van der Waals surface area contributed by atoms with Gasteiger partial charge in [0.25, 0.3) is 0 Å². The molecule has 0 saturated carbocycles. The molecule has 2 heteroatoms. The number of esters is 1. The molecule has 0 unspecified atom stereocenters. The predicted molar refractivity (Wildman–Crippen MR) is 99.4 cm³/mol. The van der Waals surface area contributed by atoms with Crippen LogP contribution in [0.2, 0.25) is 0 Å². The van der Waals surface area contributed by atoms with Crippen LogP contribution in [0.5, 0.6) is 5.75 Å². The first-order valence-corrected chi connectivity index (χ1v) is 7.85. The van der Waals surface area contributed by atoms with Gasteiger partial charge in [-0.3, -0.25) is 0 Å². The van der Waals surface area contributed by atoms with Gasteiger partial charge in [0.1, 0.15) is 5.75 Å². The highest BCUT2D eigenvalue weighted by atomic mass is 16.5. The van der Waals surface area contributed by atoms with Crippen molar-refractivity contribution in [3.63, 3.8) is 0 Å². The molecular weight excluding hydrogens is 296 g/mol. The lowest BCUT2D eigenvalue weighted by Crippen LogP contribution is -2.08. The van der Waals surface area contributed by atoms with E-state index < -0.39 is 5.97 Å². The molecule has 116 valence electrons. The predicted octanol–water partition coefficient (Wildman–Crippen LogP) is 5.63. The lowest BCUT2D eigenvalue weighted by Gasteiger charge is -2.11. The van der Waals surface area contributed by atoms with Gasteiger partial charge < -0.3 is 4.74 Å². The number of carbonyl (C=O) groups is 1. The Kier molecular flexibility index (Phi) is 3.31. The summed E-state index contributed by atoms with van der Waals surface area (Å²) in [6.45, 7) is 5.31. The van der Waals surface area contributed by atoms with E-state index in [2.05, 4.69) is 43.0 Å². The monoisotopic (exact) mass is 312 g/mol. The summed E-state index contributed by atoms with van der Waals surface area (Å²) < 4.78 is 5.57. The fourth-order valence-corrected chi connectivity index (χ4v) is 3.04. The van der Waals surface area contributed by atoms with E-state index in [0.717, 1.165) is 21.5 Å². The second-order valence-electron chi connectivity index (χ2n) is 6.01. The van der Waals surface area contributed by atoms with Crippen LogP contribution in [0, 0.1) is 0 Å². The third-order valence-electron chi connectivity index (χ3n) is 4.24. The Bertz CT molecular complexity index is 1120. The topological polar surface area (TPSA) is 26.3 Å². The first-order chi connectivity index (χ1) is 11.6. The normalized spacial score (nSPS) is 11.0. The van der Waals surface area contributed by atoms with Crippen LogP contribution < -0.4 is 4.74 Å². The maximum absolute atomic E-state index is 12.0. The number of fused-ring (bicyclic) bond motifs is 4. The Balaban J connectivity index is 2.06. The van der Waals surface area contributed by atoms with Crippen molar-refractivity contribution in [3.8, 4) is 5.75 Å². The lowest BCUT2D eigenvalue weighted by atomic mass is 9.98. The van der Waals surface area contributed by atoms with Gasteiger partial charge in [-0.25, -0.2) is 4.79 Å². The van der Waals surface area contributed by atoms with Gasteiger partial charge in [-0.05, 0) is 52.1 Å². The zero-order valence-electron chi connectivity index (χ0n) is 13.4. The van der Waals surface area contributed by atoms with Gasteiger partial charge in [0.05, 0.1) is 0 Å². The molecular formula is C22H16O2. The van der Waals surface area contributed by atoms with Gasteiger partial charge in [0.2, 0.25) is 0 Å². The Morgan fingerprint density at radius 3 is 2.25 bits per heavy atom. The summed E-state index contributed by atoms with van der Waals surface area (Å²) >= 11 is 0. The standard InChI is InChI=1S/C22H16O2/c1-14(2)22(23)24-20-9-5-8-15-10-11-18-12-16-6-3-4-7-17(16)13-19(18)21(15)20/h3-13H,1H2,2H3. The highest BCUT2D eigenvalue weighted by Crippen LogP contribution is 2.35. The molecule has 0 aliphatic heterocycles. The van der Waals surface area contributed by atoms with Gasteiger partial charge in [0.15, 0.2) is 0 Å². The average Bonchev–Trinajstić information content (AvgIpc) is 2.59. The summed E-state index contributed by atoms with van der Waals surface area (Å²) in [5.41, 5.74) is 0.387. The zero-order chi connectivity index (χ0) is 16.7. The summed E-state index contributed by atoms with van der Waals surface area (Å²) in [5.74, 6) is 0.168. The Morgan fingerprint density at radius 2 is 1.50 bits per heavy atom. The van der Waals surface area contributed by atoms with E-state index in [4.69, 9.17) is 4.74 Å². The van der Waals surface area contributed by atoms with Crippen LogP contribution in [-0.4, -0.2) is 5.97 Å². The molecule has 0 heterocycles. The van der Waals surface area contributed by atoms with Gasteiger partial charge in [-0.15, -0.1) is 0 Å². The molecule has 24 heavy (non-hydrogen) atoms. The van der Waals surface area contributed by atoms with E-state index in [1.807, 2.05) is 30.3 Å². The molecule has 4 aromatic carbocycles. The van der Waals surface area contributed by atoms with Crippen molar-refractivity contribution in [3.05, 3.63) is 78.9 Å². The van der Waals surface area contributed by atoms with Crippen LogP contribution in [0.4, 0.5) is 0 Å². The molecule has 0 aliphatic carbocycles. The maximum atomic E-state index is 12.0.